The van der Waals surface area contributed by atoms with Crippen molar-refractivity contribution in [1.29, 1.82) is 0 Å². The number of rotatable bonds is 7. The van der Waals surface area contributed by atoms with Crippen molar-refractivity contribution < 1.29 is 24.6 Å². The highest BCUT2D eigenvalue weighted by Crippen LogP contribution is 2.19. The molecule has 0 unspecified atom stereocenters. The molecule has 0 aliphatic rings. The Hall–Kier alpha value is -1.73. The van der Waals surface area contributed by atoms with Gasteiger partial charge in [-0.2, -0.15) is 0 Å². The molecule has 0 saturated heterocycles. The molecule has 0 aromatic heterocycles. The summed E-state index contributed by atoms with van der Waals surface area (Å²) < 4.78 is 0. The fourth-order valence-corrected chi connectivity index (χ4v) is 2.13. The number of carboxylic acids is 2. The van der Waals surface area contributed by atoms with Gasteiger partial charge in [0.25, 0.3) is 0 Å². The van der Waals surface area contributed by atoms with Crippen molar-refractivity contribution in [3.8, 4) is 0 Å². The van der Waals surface area contributed by atoms with E-state index in [9.17, 15) is 14.4 Å². The second kappa shape index (κ2) is 7.76. The third-order valence-corrected chi connectivity index (χ3v) is 3.46. The number of carbonyl (C=O) groups excluding carboxylic acids is 1. The van der Waals surface area contributed by atoms with Crippen molar-refractivity contribution in [2.75, 3.05) is 5.75 Å². The molecule has 0 aliphatic heterocycles. The molecule has 6 nitrogen and oxygen atoms in total. The normalized spacial score (nSPS) is 11.7. The number of carbonyl (C=O) groups is 3. The van der Waals surface area contributed by atoms with E-state index in [0.717, 1.165) is 4.90 Å². The van der Waals surface area contributed by atoms with E-state index in [4.69, 9.17) is 21.8 Å². The molecule has 0 radical (unpaired) electrons. The van der Waals surface area contributed by atoms with Crippen LogP contribution in [0.2, 0.25) is 5.02 Å². The summed E-state index contributed by atoms with van der Waals surface area (Å²) in [6.45, 7) is 0. The lowest BCUT2D eigenvalue weighted by atomic mass is 10.2. The smallest absolute Gasteiger partial charge is 0.326 e. The van der Waals surface area contributed by atoms with Crippen LogP contribution in [0.5, 0.6) is 0 Å². The van der Waals surface area contributed by atoms with E-state index in [2.05, 4.69) is 5.32 Å². The fraction of sp³-hybridized carbons (Fsp3) is 0.250. The Balaban J connectivity index is 2.47. The third kappa shape index (κ3) is 5.94. The lowest BCUT2D eigenvalue weighted by molar-refractivity contribution is -0.147. The highest BCUT2D eigenvalue weighted by atomic mass is 35.5. The Morgan fingerprint density at radius 1 is 1.20 bits per heavy atom. The van der Waals surface area contributed by atoms with Gasteiger partial charge in [0.1, 0.15) is 6.04 Å². The zero-order chi connectivity index (χ0) is 15.1. The van der Waals surface area contributed by atoms with E-state index in [1.807, 2.05) is 0 Å². The van der Waals surface area contributed by atoms with Crippen molar-refractivity contribution in [2.45, 2.75) is 17.4 Å². The first-order valence-electron chi connectivity index (χ1n) is 5.51. The van der Waals surface area contributed by atoms with Crippen LogP contribution in [-0.2, 0) is 14.4 Å². The van der Waals surface area contributed by atoms with Crippen molar-refractivity contribution in [3.63, 3.8) is 0 Å². The zero-order valence-electron chi connectivity index (χ0n) is 10.2. The number of amides is 1. The molecule has 1 amide bonds. The van der Waals surface area contributed by atoms with Crippen LogP contribution in [0.3, 0.4) is 0 Å². The molecule has 0 aliphatic carbocycles. The van der Waals surface area contributed by atoms with E-state index < -0.39 is 30.3 Å². The fourth-order valence-electron chi connectivity index (χ4n) is 1.29. The Morgan fingerprint density at radius 3 is 2.30 bits per heavy atom. The van der Waals surface area contributed by atoms with Crippen LogP contribution in [0, 0.1) is 0 Å². The Labute approximate surface area is 124 Å². The first kappa shape index (κ1) is 16.3. The van der Waals surface area contributed by atoms with Crippen LogP contribution in [-0.4, -0.2) is 39.9 Å². The predicted molar refractivity (Wildman–Crippen MR) is 74.0 cm³/mol. The highest BCUT2D eigenvalue weighted by molar-refractivity contribution is 8.00. The third-order valence-electron chi connectivity index (χ3n) is 2.20. The van der Waals surface area contributed by atoms with E-state index in [0.29, 0.717) is 5.02 Å². The molecule has 0 fully saturated rings. The van der Waals surface area contributed by atoms with E-state index in [1.165, 1.54) is 11.8 Å². The van der Waals surface area contributed by atoms with Crippen LogP contribution >= 0.6 is 23.4 Å². The van der Waals surface area contributed by atoms with Gasteiger partial charge < -0.3 is 15.5 Å². The minimum Gasteiger partial charge on any atom is -0.481 e. The number of hydrogen-bond donors (Lipinski definition) is 3. The van der Waals surface area contributed by atoms with Gasteiger partial charge in [0.2, 0.25) is 5.91 Å². The number of halogens is 1. The quantitative estimate of drug-likeness (QED) is 0.658. The van der Waals surface area contributed by atoms with Crippen LogP contribution in [0.15, 0.2) is 29.2 Å². The first-order chi connectivity index (χ1) is 9.38. The van der Waals surface area contributed by atoms with Crippen LogP contribution in [0.4, 0.5) is 0 Å². The lowest BCUT2D eigenvalue weighted by Gasteiger charge is -2.12. The number of aliphatic carboxylic acids is 2. The molecule has 1 rings (SSSR count). The minimum absolute atomic E-state index is 0.00890. The van der Waals surface area contributed by atoms with Crippen LogP contribution in [0.1, 0.15) is 6.42 Å². The summed E-state index contributed by atoms with van der Waals surface area (Å²) >= 11 is 6.92. The first-order valence-corrected chi connectivity index (χ1v) is 6.87. The van der Waals surface area contributed by atoms with Gasteiger partial charge in [0.05, 0.1) is 12.2 Å². The minimum atomic E-state index is -1.43. The molecular formula is C12H12ClNO5S. The molecule has 8 heteroatoms. The molecule has 20 heavy (non-hydrogen) atoms. The average molecular weight is 318 g/mol. The summed E-state index contributed by atoms with van der Waals surface area (Å²) in [6.07, 6.45) is -0.660. The molecule has 3 N–H and O–H groups in total. The molecule has 0 heterocycles. The topological polar surface area (TPSA) is 104 Å². The van der Waals surface area contributed by atoms with Gasteiger partial charge in [-0.15, -0.1) is 11.8 Å². The molecular weight excluding hydrogens is 306 g/mol. The maximum Gasteiger partial charge on any atom is 0.326 e. The van der Waals surface area contributed by atoms with Gasteiger partial charge in [-0.25, -0.2) is 4.79 Å². The molecule has 1 aromatic rings. The van der Waals surface area contributed by atoms with E-state index >= 15 is 0 Å². The number of hydrogen-bond acceptors (Lipinski definition) is 4. The molecule has 1 aromatic carbocycles. The van der Waals surface area contributed by atoms with Gasteiger partial charge in [-0.05, 0) is 24.3 Å². The van der Waals surface area contributed by atoms with Crippen molar-refractivity contribution in [1.82, 2.24) is 5.32 Å². The molecule has 0 saturated carbocycles. The molecule has 0 spiro atoms. The Bertz CT molecular complexity index is 505. The second-order valence-corrected chi connectivity index (χ2v) is 5.28. The SMILES string of the molecule is O=C(O)C[C@@H](NC(=O)CSc1ccc(Cl)cc1)C(=O)O. The van der Waals surface area contributed by atoms with Gasteiger partial charge in [0.15, 0.2) is 0 Å². The van der Waals surface area contributed by atoms with E-state index in [-0.39, 0.29) is 5.75 Å². The average Bonchev–Trinajstić information content (AvgIpc) is 2.36. The van der Waals surface area contributed by atoms with Gasteiger partial charge in [0, 0.05) is 9.92 Å². The zero-order valence-corrected chi connectivity index (χ0v) is 11.8. The molecule has 0 bridgehead atoms. The number of carboxylic acid groups (broad SMARTS) is 2. The standard InChI is InChI=1S/C12H12ClNO5S/c13-7-1-3-8(4-2-7)20-6-10(15)14-9(12(18)19)5-11(16)17/h1-4,9H,5-6H2,(H,14,15)(H,16,17)(H,18,19)/t9-/m1/s1. The van der Waals surface area contributed by atoms with E-state index in [1.54, 1.807) is 24.3 Å². The van der Waals surface area contributed by atoms with Gasteiger partial charge >= 0.3 is 11.9 Å². The predicted octanol–water partition coefficient (Wildman–Crippen LogP) is 1.48. The number of benzene rings is 1. The Morgan fingerprint density at radius 2 is 1.80 bits per heavy atom. The van der Waals surface area contributed by atoms with Crippen molar-refractivity contribution in [3.05, 3.63) is 29.3 Å². The second-order valence-electron chi connectivity index (χ2n) is 3.80. The number of nitrogens with one attached hydrogen (secondary N) is 1. The highest BCUT2D eigenvalue weighted by Gasteiger charge is 2.22. The van der Waals surface area contributed by atoms with Crippen LogP contribution < -0.4 is 5.32 Å². The van der Waals surface area contributed by atoms with Crippen LogP contribution in [0.25, 0.3) is 0 Å². The summed E-state index contributed by atoms with van der Waals surface area (Å²) in [5.41, 5.74) is 0. The van der Waals surface area contributed by atoms with Gasteiger partial charge in [-0.1, -0.05) is 11.6 Å². The lowest BCUT2D eigenvalue weighted by Crippen LogP contribution is -2.43. The monoisotopic (exact) mass is 317 g/mol. The molecule has 108 valence electrons. The maximum atomic E-state index is 11.6. The van der Waals surface area contributed by atoms with Gasteiger partial charge in [-0.3, -0.25) is 9.59 Å². The Kier molecular flexibility index (Phi) is 6.33. The number of thioether (sulfide) groups is 1. The maximum absolute atomic E-state index is 11.6. The van der Waals surface area contributed by atoms with Crippen molar-refractivity contribution in [2.24, 2.45) is 0 Å². The summed E-state index contributed by atoms with van der Waals surface area (Å²) in [6, 6.07) is 5.38. The van der Waals surface area contributed by atoms with Crippen molar-refractivity contribution >= 4 is 41.2 Å². The summed E-state index contributed by atoms with van der Waals surface area (Å²) in [7, 11) is 0. The largest absolute Gasteiger partial charge is 0.481 e. The summed E-state index contributed by atoms with van der Waals surface area (Å²) in [4.78, 5) is 33.6. The summed E-state index contributed by atoms with van der Waals surface area (Å²) in [5.74, 6) is -3.22. The summed E-state index contributed by atoms with van der Waals surface area (Å²) in [5, 5.41) is 20.1. The molecule has 1 atom stereocenters.